The highest BCUT2D eigenvalue weighted by molar-refractivity contribution is 7.14. The molecule has 0 saturated carbocycles. The number of anilines is 1. The number of likely N-dealkylation sites (N-methyl/N-ethyl adjacent to an activating group) is 1. The standard InChI is InChI=1S/C20H19ClN2O3S/c1-3-23(19(24)12-26-17-10-6-15(21)7-11-17)20-22-18(13-27-20)14-4-8-16(25-2)9-5-14/h4-11,13H,3,12H2,1-2H3. The van der Waals surface area contributed by atoms with Crippen LogP contribution in [0.1, 0.15) is 6.92 Å². The van der Waals surface area contributed by atoms with Gasteiger partial charge in [0.2, 0.25) is 0 Å². The zero-order valence-electron chi connectivity index (χ0n) is 15.0. The summed E-state index contributed by atoms with van der Waals surface area (Å²) < 4.78 is 10.7. The van der Waals surface area contributed by atoms with Crippen LogP contribution < -0.4 is 14.4 Å². The average Bonchev–Trinajstić information content (AvgIpc) is 3.18. The van der Waals surface area contributed by atoms with Crippen LogP contribution in [-0.2, 0) is 4.79 Å². The molecule has 140 valence electrons. The number of hydrogen-bond donors (Lipinski definition) is 0. The maximum atomic E-state index is 12.6. The molecule has 0 aliphatic carbocycles. The molecule has 0 N–H and O–H groups in total. The monoisotopic (exact) mass is 402 g/mol. The summed E-state index contributed by atoms with van der Waals surface area (Å²) in [6, 6.07) is 14.6. The molecule has 0 aliphatic heterocycles. The second-order valence-corrected chi connectivity index (χ2v) is 6.90. The quantitative estimate of drug-likeness (QED) is 0.563. The molecule has 0 atom stereocenters. The average molecular weight is 403 g/mol. The highest BCUT2D eigenvalue weighted by Gasteiger charge is 2.18. The van der Waals surface area contributed by atoms with Gasteiger partial charge in [0.05, 0.1) is 12.8 Å². The summed E-state index contributed by atoms with van der Waals surface area (Å²) in [5.41, 5.74) is 1.79. The van der Waals surface area contributed by atoms with E-state index in [-0.39, 0.29) is 12.5 Å². The lowest BCUT2D eigenvalue weighted by molar-refractivity contribution is -0.120. The van der Waals surface area contributed by atoms with E-state index in [1.165, 1.54) is 11.3 Å². The van der Waals surface area contributed by atoms with Crippen molar-refractivity contribution in [3.63, 3.8) is 0 Å². The number of rotatable bonds is 7. The molecule has 0 spiro atoms. The Morgan fingerprint density at radius 1 is 1.11 bits per heavy atom. The molecule has 7 heteroatoms. The van der Waals surface area contributed by atoms with Gasteiger partial charge in [-0.15, -0.1) is 11.3 Å². The van der Waals surface area contributed by atoms with Crippen molar-refractivity contribution in [2.24, 2.45) is 0 Å². The lowest BCUT2D eigenvalue weighted by Gasteiger charge is -2.18. The lowest BCUT2D eigenvalue weighted by atomic mass is 10.2. The van der Waals surface area contributed by atoms with Crippen LogP contribution in [0.5, 0.6) is 11.5 Å². The summed E-state index contributed by atoms with van der Waals surface area (Å²) in [6.45, 7) is 2.36. The van der Waals surface area contributed by atoms with Crippen LogP contribution in [0.2, 0.25) is 5.02 Å². The largest absolute Gasteiger partial charge is 0.497 e. The summed E-state index contributed by atoms with van der Waals surface area (Å²) in [6.07, 6.45) is 0. The predicted molar refractivity (Wildman–Crippen MR) is 109 cm³/mol. The first-order valence-electron chi connectivity index (χ1n) is 8.39. The van der Waals surface area contributed by atoms with Crippen LogP contribution in [0.25, 0.3) is 11.3 Å². The molecular weight excluding hydrogens is 384 g/mol. The van der Waals surface area contributed by atoms with Crippen molar-refractivity contribution in [3.8, 4) is 22.8 Å². The maximum Gasteiger partial charge on any atom is 0.266 e. The Bertz CT molecular complexity index is 894. The molecule has 2 aromatic carbocycles. The Kier molecular flexibility index (Phi) is 6.32. The van der Waals surface area contributed by atoms with E-state index in [9.17, 15) is 4.79 Å². The summed E-state index contributed by atoms with van der Waals surface area (Å²) in [4.78, 5) is 18.8. The highest BCUT2D eigenvalue weighted by atomic mass is 35.5. The van der Waals surface area contributed by atoms with E-state index in [0.29, 0.717) is 22.4 Å². The fourth-order valence-electron chi connectivity index (χ4n) is 2.45. The Labute approximate surface area is 167 Å². The van der Waals surface area contributed by atoms with Crippen molar-refractivity contribution in [1.82, 2.24) is 4.98 Å². The fraction of sp³-hybridized carbons (Fsp3) is 0.200. The van der Waals surface area contributed by atoms with Crippen LogP contribution in [0.4, 0.5) is 5.13 Å². The van der Waals surface area contributed by atoms with Crippen LogP contribution in [0.3, 0.4) is 0 Å². The van der Waals surface area contributed by atoms with Gasteiger partial charge in [-0.05, 0) is 55.5 Å². The number of ether oxygens (including phenoxy) is 2. The van der Waals surface area contributed by atoms with Crippen LogP contribution in [0, 0.1) is 0 Å². The summed E-state index contributed by atoms with van der Waals surface area (Å²) in [5, 5.41) is 3.21. The van der Waals surface area contributed by atoms with Crippen LogP contribution in [-0.4, -0.2) is 31.2 Å². The van der Waals surface area contributed by atoms with Gasteiger partial charge < -0.3 is 9.47 Å². The Balaban J connectivity index is 1.68. The summed E-state index contributed by atoms with van der Waals surface area (Å²) >= 11 is 7.28. The Hall–Kier alpha value is -2.57. The van der Waals surface area contributed by atoms with E-state index >= 15 is 0 Å². The van der Waals surface area contributed by atoms with Crippen molar-refractivity contribution >= 4 is 34.0 Å². The summed E-state index contributed by atoms with van der Waals surface area (Å²) in [7, 11) is 1.63. The maximum absolute atomic E-state index is 12.6. The number of halogens is 1. The van der Waals surface area contributed by atoms with Crippen molar-refractivity contribution in [3.05, 3.63) is 58.9 Å². The topological polar surface area (TPSA) is 51.7 Å². The third-order valence-electron chi connectivity index (χ3n) is 3.90. The van der Waals surface area contributed by atoms with Gasteiger partial charge in [0.15, 0.2) is 11.7 Å². The summed E-state index contributed by atoms with van der Waals surface area (Å²) in [5.74, 6) is 1.24. The first-order valence-corrected chi connectivity index (χ1v) is 9.65. The normalized spacial score (nSPS) is 10.5. The van der Waals surface area contributed by atoms with Crippen LogP contribution >= 0.6 is 22.9 Å². The highest BCUT2D eigenvalue weighted by Crippen LogP contribution is 2.28. The minimum atomic E-state index is -0.150. The fourth-order valence-corrected chi connectivity index (χ4v) is 3.50. The van der Waals surface area contributed by atoms with E-state index in [1.807, 2.05) is 36.6 Å². The molecule has 1 aromatic heterocycles. The van der Waals surface area contributed by atoms with E-state index in [2.05, 4.69) is 4.98 Å². The minimum Gasteiger partial charge on any atom is -0.497 e. The number of amides is 1. The predicted octanol–water partition coefficient (Wildman–Crippen LogP) is 4.90. The molecular formula is C20H19ClN2O3S. The van der Waals surface area contributed by atoms with E-state index in [4.69, 9.17) is 21.1 Å². The number of nitrogens with zero attached hydrogens (tertiary/aromatic N) is 2. The molecule has 3 aromatic rings. The molecule has 1 heterocycles. The SMILES string of the molecule is CCN(C(=O)COc1ccc(Cl)cc1)c1nc(-c2ccc(OC)cc2)cs1. The van der Waals surface area contributed by atoms with Gasteiger partial charge >= 0.3 is 0 Å². The van der Waals surface area contributed by atoms with Gasteiger partial charge in [0.1, 0.15) is 11.5 Å². The van der Waals surface area contributed by atoms with Gasteiger partial charge in [0.25, 0.3) is 5.91 Å². The minimum absolute atomic E-state index is 0.0626. The smallest absolute Gasteiger partial charge is 0.266 e. The molecule has 0 bridgehead atoms. The van der Waals surface area contributed by atoms with Gasteiger partial charge in [-0.25, -0.2) is 4.98 Å². The zero-order chi connectivity index (χ0) is 19.2. The number of carbonyl (C=O) groups excluding carboxylic acids is 1. The van der Waals surface area contributed by atoms with E-state index in [0.717, 1.165) is 17.0 Å². The Morgan fingerprint density at radius 3 is 2.41 bits per heavy atom. The molecule has 0 aliphatic rings. The number of thiazole rings is 1. The van der Waals surface area contributed by atoms with Crippen molar-refractivity contribution in [2.75, 3.05) is 25.2 Å². The molecule has 0 fully saturated rings. The first-order chi connectivity index (χ1) is 13.1. The molecule has 3 rings (SSSR count). The third-order valence-corrected chi connectivity index (χ3v) is 5.02. The number of aromatic nitrogens is 1. The van der Waals surface area contributed by atoms with Gasteiger partial charge in [-0.1, -0.05) is 11.6 Å². The van der Waals surface area contributed by atoms with Gasteiger partial charge in [-0.3, -0.25) is 9.69 Å². The number of methoxy groups -OCH3 is 1. The molecule has 1 amide bonds. The van der Waals surface area contributed by atoms with E-state index in [1.54, 1.807) is 36.3 Å². The lowest BCUT2D eigenvalue weighted by Crippen LogP contribution is -2.34. The Morgan fingerprint density at radius 2 is 1.78 bits per heavy atom. The van der Waals surface area contributed by atoms with Crippen molar-refractivity contribution in [1.29, 1.82) is 0 Å². The molecule has 0 saturated heterocycles. The molecule has 0 radical (unpaired) electrons. The van der Waals surface area contributed by atoms with Crippen molar-refractivity contribution < 1.29 is 14.3 Å². The van der Waals surface area contributed by atoms with E-state index < -0.39 is 0 Å². The molecule has 5 nitrogen and oxygen atoms in total. The van der Waals surface area contributed by atoms with Crippen LogP contribution in [0.15, 0.2) is 53.9 Å². The number of hydrogen-bond acceptors (Lipinski definition) is 5. The zero-order valence-corrected chi connectivity index (χ0v) is 16.6. The molecule has 0 unspecified atom stereocenters. The third kappa shape index (κ3) is 4.78. The number of benzene rings is 2. The second kappa shape index (κ2) is 8.88. The number of carbonyl (C=O) groups is 1. The van der Waals surface area contributed by atoms with Gasteiger partial charge in [0, 0.05) is 22.5 Å². The van der Waals surface area contributed by atoms with Gasteiger partial charge in [-0.2, -0.15) is 0 Å². The van der Waals surface area contributed by atoms with Crippen molar-refractivity contribution in [2.45, 2.75) is 6.92 Å². The molecule has 27 heavy (non-hydrogen) atoms. The first kappa shape index (κ1) is 19.2. The second-order valence-electron chi connectivity index (χ2n) is 5.62.